The van der Waals surface area contributed by atoms with Crippen molar-refractivity contribution in [2.75, 3.05) is 26.7 Å². The highest BCUT2D eigenvalue weighted by molar-refractivity contribution is 7.94. The van der Waals surface area contributed by atoms with Gasteiger partial charge in [-0.25, -0.2) is 9.28 Å². The second kappa shape index (κ2) is 9.09. The molecule has 0 unspecified atom stereocenters. The molecule has 1 saturated heterocycles. The molecule has 28 heavy (non-hydrogen) atoms. The topological polar surface area (TPSA) is 26.6 Å². The SMILES string of the molecule is COOSc1ccc2ccn(C3CCN(CCc4ccc(F)cc4)CC3)c2c1. The summed E-state index contributed by atoms with van der Waals surface area (Å²) in [6.07, 6.45) is 5.45. The van der Waals surface area contributed by atoms with Gasteiger partial charge in [-0.3, -0.25) is 0 Å². The molecule has 0 N–H and O–H groups in total. The first-order valence-corrected chi connectivity index (χ1v) is 10.4. The standard InChI is InChI=1S/C22H25FN2O2S/c1-26-27-28-21-7-4-18-9-15-25(22(18)16-21)20-10-13-24(14-11-20)12-8-17-2-5-19(23)6-3-17/h2-7,9,15-16,20H,8,10-14H2,1H3. The Kier molecular flexibility index (Phi) is 6.32. The van der Waals surface area contributed by atoms with Gasteiger partial charge in [-0.05, 0) is 60.5 Å². The summed E-state index contributed by atoms with van der Waals surface area (Å²) in [4.78, 5) is 8.24. The van der Waals surface area contributed by atoms with Crippen LogP contribution in [0.2, 0.25) is 0 Å². The van der Waals surface area contributed by atoms with Gasteiger partial charge in [-0.15, -0.1) is 0 Å². The zero-order chi connectivity index (χ0) is 19.3. The van der Waals surface area contributed by atoms with Crippen LogP contribution in [-0.4, -0.2) is 36.2 Å². The lowest BCUT2D eigenvalue weighted by Crippen LogP contribution is -2.35. The largest absolute Gasteiger partial charge is 0.344 e. The number of piperidine rings is 1. The van der Waals surface area contributed by atoms with Crippen LogP contribution in [0.1, 0.15) is 24.4 Å². The second-order valence-electron chi connectivity index (χ2n) is 7.21. The minimum Gasteiger partial charge on any atom is -0.344 e. The van der Waals surface area contributed by atoms with Crippen LogP contribution in [-0.2, 0) is 15.6 Å². The molecule has 2 aromatic carbocycles. The number of aromatic nitrogens is 1. The Morgan fingerprint density at radius 1 is 1.07 bits per heavy atom. The fourth-order valence-electron chi connectivity index (χ4n) is 3.93. The molecular weight excluding hydrogens is 375 g/mol. The normalized spacial score (nSPS) is 16.1. The molecule has 4 rings (SSSR count). The average molecular weight is 401 g/mol. The number of rotatable bonds is 7. The van der Waals surface area contributed by atoms with Crippen molar-refractivity contribution in [3.63, 3.8) is 0 Å². The number of halogens is 1. The van der Waals surface area contributed by atoms with Crippen molar-refractivity contribution >= 4 is 22.9 Å². The molecule has 0 spiro atoms. The van der Waals surface area contributed by atoms with Gasteiger partial charge in [-0.2, -0.15) is 4.33 Å². The minimum atomic E-state index is -0.168. The van der Waals surface area contributed by atoms with E-state index in [1.54, 1.807) is 12.1 Å². The predicted molar refractivity (Wildman–Crippen MR) is 111 cm³/mol. The zero-order valence-corrected chi connectivity index (χ0v) is 16.8. The van der Waals surface area contributed by atoms with Crippen LogP contribution >= 0.6 is 12.0 Å². The average Bonchev–Trinajstić information content (AvgIpc) is 3.15. The van der Waals surface area contributed by atoms with Gasteiger partial charge in [0.05, 0.1) is 19.2 Å². The number of likely N-dealkylation sites (tertiary alicyclic amines) is 1. The third-order valence-electron chi connectivity index (χ3n) is 5.47. The summed E-state index contributed by atoms with van der Waals surface area (Å²) in [5.41, 5.74) is 2.44. The Morgan fingerprint density at radius 3 is 2.61 bits per heavy atom. The van der Waals surface area contributed by atoms with Gasteiger partial charge in [-0.1, -0.05) is 18.2 Å². The maximum absolute atomic E-state index is 13.0. The van der Waals surface area contributed by atoms with Gasteiger partial charge >= 0.3 is 0 Å². The lowest BCUT2D eigenvalue weighted by Gasteiger charge is -2.33. The smallest absolute Gasteiger partial charge is 0.123 e. The van der Waals surface area contributed by atoms with Crippen LogP contribution in [0.15, 0.2) is 59.6 Å². The van der Waals surface area contributed by atoms with Crippen molar-refractivity contribution in [2.24, 2.45) is 0 Å². The highest BCUT2D eigenvalue weighted by Crippen LogP contribution is 2.31. The van der Waals surface area contributed by atoms with Gasteiger partial charge in [0.25, 0.3) is 0 Å². The summed E-state index contributed by atoms with van der Waals surface area (Å²) in [6.45, 7) is 3.21. The van der Waals surface area contributed by atoms with E-state index < -0.39 is 0 Å². The molecule has 148 valence electrons. The van der Waals surface area contributed by atoms with E-state index in [1.165, 1.54) is 35.6 Å². The second-order valence-corrected chi connectivity index (χ2v) is 7.99. The molecule has 1 aliphatic heterocycles. The van der Waals surface area contributed by atoms with E-state index in [9.17, 15) is 4.39 Å². The van der Waals surface area contributed by atoms with E-state index >= 15 is 0 Å². The highest BCUT2D eigenvalue weighted by Gasteiger charge is 2.21. The van der Waals surface area contributed by atoms with E-state index in [0.29, 0.717) is 6.04 Å². The number of hydrogen-bond donors (Lipinski definition) is 0. The van der Waals surface area contributed by atoms with Gasteiger partial charge < -0.3 is 9.47 Å². The van der Waals surface area contributed by atoms with Crippen molar-refractivity contribution in [2.45, 2.75) is 30.2 Å². The molecule has 1 aliphatic rings. The first-order chi connectivity index (χ1) is 13.7. The van der Waals surface area contributed by atoms with Crippen LogP contribution in [0.5, 0.6) is 0 Å². The molecule has 0 bridgehead atoms. The monoisotopic (exact) mass is 400 g/mol. The van der Waals surface area contributed by atoms with Crippen molar-refractivity contribution in [1.29, 1.82) is 0 Å². The summed E-state index contributed by atoms with van der Waals surface area (Å²) >= 11 is 1.23. The molecule has 0 amide bonds. The lowest BCUT2D eigenvalue weighted by molar-refractivity contribution is -0.160. The Bertz CT molecular complexity index is 905. The van der Waals surface area contributed by atoms with Crippen molar-refractivity contribution in [3.8, 4) is 0 Å². The summed E-state index contributed by atoms with van der Waals surface area (Å²) in [5, 5.41) is 1.25. The van der Waals surface area contributed by atoms with E-state index in [-0.39, 0.29) is 5.82 Å². The maximum Gasteiger partial charge on any atom is 0.123 e. The summed E-state index contributed by atoms with van der Waals surface area (Å²) in [7, 11) is 1.51. The van der Waals surface area contributed by atoms with Crippen molar-refractivity contribution in [1.82, 2.24) is 9.47 Å². The number of nitrogens with zero attached hydrogens (tertiary/aromatic N) is 2. The third-order valence-corrected chi connectivity index (χ3v) is 6.12. The van der Waals surface area contributed by atoms with E-state index in [1.807, 2.05) is 12.1 Å². The first-order valence-electron chi connectivity index (χ1n) is 9.67. The van der Waals surface area contributed by atoms with Crippen molar-refractivity contribution in [3.05, 3.63) is 66.1 Å². The Labute approximate surface area is 169 Å². The minimum absolute atomic E-state index is 0.168. The molecule has 3 aromatic rings. The Balaban J connectivity index is 1.36. The predicted octanol–water partition coefficient (Wildman–Crippen LogP) is 5.25. The first kappa shape index (κ1) is 19.5. The van der Waals surface area contributed by atoms with Crippen LogP contribution in [0.4, 0.5) is 4.39 Å². The van der Waals surface area contributed by atoms with Crippen LogP contribution < -0.4 is 0 Å². The third kappa shape index (κ3) is 4.58. The Morgan fingerprint density at radius 2 is 1.86 bits per heavy atom. The van der Waals surface area contributed by atoms with Crippen LogP contribution in [0, 0.1) is 5.82 Å². The molecular formula is C22H25FN2O2S. The van der Waals surface area contributed by atoms with Crippen LogP contribution in [0.25, 0.3) is 10.9 Å². The van der Waals surface area contributed by atoms with Gasteiger partial charge in [0.15, 0.2) is 0 Å². The van der Waals surface area contributed by atoms with E-state index in [0.717, 1.165) is 43.8 Å². The molecule has 1 aromatic heterocycles. The number of benzene rings is 2. The molecule has 0 radical (unpaired) electrons. The summed E-state index contributed by atoms with van der Waals surface area (Å²) in [5.74, 6) is -0.168. The Hall–Kier alpha value is -1.86. The van der Waals surface area contributed by atoms with Gasteiger partial charge in [0.2, 0.25) is 0 Å². The van der Waals surface area contributed by atoms with E-state index in [2.05, 4.69) is 39.9 Å². The number of hydrogen-bond acceptors (Lipinski definition) is 4. The molecule has 0 aliphatic carbocycles. The molecule has 0 atom stereocenters. The maximum atomic E-state index is 13.0. The molecule has 1 fully saturated rings. The lowest BCUT2D eigenvalue weighted by atomic mass is 10.0. The molecule has 0 saturated carbocycles. The summed E-state index contributed by atoms with van der Waals surface area (Å²) in [6, 6.07) is 15.9. The van der Waals surface area contributed by atoms with Gasteiger partial charge in [0.1, 0.15) is 5.82 Å². The van der Waals surface area contributed by atoms with Gasteiger partial charge in [0, 0.05) is 42.3 Å². The molecule has 2 heterocycles. The molecule has 6 heteroatoms. The van der Waals surface area contributed by atoms with Crippen molar-refractivity contribution < 1.29 is 13.6 Å². The summed E-state index contributed by atoms with van der Waals surface area (Å²) < 4.78 is 20.4. The fraction of sp³-hybridized carbons (Fsp3) is 0.364. The highest BCUT2D eigenvalue weighted by atomic mass is 32.2. The zero-order valence-electron chi connectivity index (χ0n) is 16.0. The fourth-order valence-corrected chi connectivity index (χ4v) is 4.36. The quantitative estimate of drug-likeness (QED) is 0.308. The van der Waals surface area contributed by atoms with E-state index in [4.69, 9.17) is 9.22 Å². The molecule has 4 nitrogen and oxygen atoms in total. The number of fused-ring (bicyclic) bond motifs is 1. The van der Waals surface area contributed by atoms with Crippen LogP contribution in [0.3, 0.4) is 0 Å².